The molecule has 0 radical (unpaired) electrons. The Morgan fingerprint density at radius 2 is 2.04 bits per heavy atom. The molecular formula is C20H23N5O. The first-order chi connectivity index (χ1) is 12.8. The quantitative estimate of drug-likeness (QED) is 0.641. The number of benzene rings is 1. The largest absolute Gasteiger partial charge is 0.367 e. The van der Waals surface area contributed by atoms with Gasteiger partial charge in [0.25, 0.3) is 5.91 Å². The van der Waals surface area contributed by atoms with Crippen molar-refractivity contribution in [3.8, 4) is 11.3 Å². The van der Waals surface area contributed by atoms with Crippen LogP contribution in [0.1, 0.15) is 43.0 Å². The summed E-state index contributed by atoms with van der Waals surface area (Å²) in [6.45, 7) is 3.05. The second kappa shape index (κ2) is 7.15. The molecule has 0 bridgehead atoms. The average molecular weight is 349 g/mol. The molecule has 2 aromatic heterocycles. The minimum absolute atomic E-state index is 0.00352. The van der Waals surface area contributed by atoms with Crippen LogP contribution in [0.25, 0.3) is 16.9 Å². The molecule has 1 fully saturated rings. The number of nitrogens with zero attached hydrogens (tertiary/aromatic N) is 3. The zero-order valence-electron chi connectivity index (χ0n) is 14.9. The monoisotopic (exact) mass is 349 g/mol. The number of nitrogens with one attached hydrogen (secondary N) is 2. The Balaban J connectivity index is 1.58. The van der Waals surface area contributed by atoms with Gasteiger partial charge in [-0.1, -0.05) is 25.5 Å². The van der Waals surface area contributed by atoms with Crippen molar-refractivity contribution in [2.45, 2.75) is 38.6 Å². The van der Waals surface area contributed by atoms with Crippen molar-refractivity contribution < 1.29 is 4.79 Å². The van der Waals surface area contributed by atoms with E-state index in [0.29, 0.717) is 11.6 Å². The molecule has 1 aliphatic rings. The Morgan fingerprint density at radius 3 is 2.77 bits per heavy atom. The van der Waals surface area contributed by atoms with Gasteiger partial charge in [-0.25, -0.2) is 9.97 Å². The van der Waals surface area contributed by atoms with Crippen LogP contribution in [0.2, 0.25) is 0 Å². The van der Waals surface area contributed by atoms with E-state index >= 15 is 0 Å². The summed E-state index contributed by atoms with van der Waals surface area (Å²) < 4.78 is 2.03. The molecule has 6 heteroatoms. The van der Waals surface area contributed by atoms with Gasteiger partial charge in [0.1, 0.15) is 0 Å². The van der Waals surface area contributed by atoms with E-state index < -0.39 is 0 Å². The summed E-state index contributed by atoms with van der Waals surface area (Å²) in [6, 6.07) is 8.04. The number of unbranched alkanes of at least 4 members (excludes halogenated alkanes) is 1. The predicted molar refractivity (Wildman–Crippen MR) is 102 cm³/mol. The number of hydrogen-bond acceptors (Lipinski definition) is 4. The lowest BCUT2D eigenvalue weighted by atomic mass is 10.1. The van der Waals surface area contributed by atoms with Gasteiger partial charge in [0.15, 0.2) is 11.5 Å². The second-order valence-electron chi connectivity index (χ2n) is 6.72. The van der Waals surface area contributed by atoms with Gasteiger partial charge in [-0.15, -0.1) is 0 Å². The highest BCUT2D eigenvalue weighted by Gasteiger charge is 2.23. The molecule has 1 amide bonds. The number of aromatic nitrogens is 3. The van der Waals surface area contributed by atoms with Crippen LogP contribution in [0.5, 0.6) is 0 Å². The van der Waals surface area contributed by atoms with Crippen LogP contribution in [0.3, 0.4) is 0 Å². The lowest BCUT2D eigenvalue weighted by Crippen LogP contribution is -2.25. The number of rotatable bonds is 7. The number of amides is 1. The van der Waals surface area contributed by atoms with E-state index in [-0.39, 0.29) is 5.91 Å². The predicted octanol–water partition coefficient (Wildman–Crippen LogP) is 3.50. The normalized spacial score (nSPS) is 13.7. The summed E-state index contributed by atoms with van der Waals surface area (Å²) in [5, 5.41) is 6.37. The summed E-state index contributed by atoms with van der Waals surface area (Å²) in [7, 11) is 0. The number of fused-ring (bicyclic) bond motifs is 1. The summed E-state index contributed by atoms with van der Waals surface area (Å²) in [5.41, 5.74) is 3.51. The number of imidazole rings is 1. The molecule has 2 N–H and O–H groups in total. The van der Waals surface area contributed by atoms with Crippen LogP contribution in [-0.4, -0.2) is 32.9 Å². The SMILES string of the molecule is CCCCNc1nccn2c(-c3ccc(C(=O)NC4CC4)cc3)cnc12. The van der Waals surface area contributed by atoms with Crippen LogP contribution in [0.4, 0.5) is 5.82 Å². The zero-order valence-corrected chi connectivity index (χ0v) is 14.9. The zero-order chi connectivity index (χ0) is 17.9. The molecule has 26 heavy (non-hydrogen) atoms. The molecular weight excluding hydrogens is 326 g/mol. The molecule has 0 unspecified atom stereocenters. The number of carbonyl (C=O) groups is 1. The first-order valence-corrected chi connectivity index (χ1v) is 9.23. The first kappa shape index (κ1) is 16.6. The van der Waals surface area contributed by atoms with Crippen molar-refractivity contribution >= 4 is 17.4 Å². The molecule has 0 spiro atoms. The van der Waals surface area contributed by atoms with Gasteiger partial charge in [-0.2, -0.15) is 0 Å². The van der Waals surface area contributed by atoms with Crippen LogP contribution in [-0.2, 0) is 0 Å². The first-order valence-electron chi connectivity index (χ1n) is 9.23. The van der Waals surface area contributed by atoms with Gasteiger partial charge in [0.2, 0.25) is 0 Å². The maximum absolute atomic E-state index is 12.1. The van der Waals surface area contributed by atoms with E-state index in [4.69, 9.17) is 0 Å². The van der Waals surface area contributed by atoms with E-state index in [0.717, 1.165) is 55.0 Å². The van der Waals surface area contributed by atoms with Crippen molar-refractivity contribution in [3.05, 3.63) is 48.4 Å². The maximum Gasteiger partial charge on any atom is 0.251 e. The highest BCUT2D eigenvalue weighted by Crippen LogP contribution is 2.24. The topological polar surface area (TPSA) is 71.3 Å². The molecule has 1 aromatic carbocycles. The maximum atomic E-state index is 12.1. The fraction of sp³-hybridized carbons (Fsp3) is 0.350. The van der Waals surface area contributed by atoms with E-state index in [9.17, 15) is 4.79 Å². The minimum atomic E-state index is 0.00352. The van der Waals surface area contributed by atoms with Crippen LogP contribution in [0, 0.1) is 0 Å². The van der Waals surface area contributed by atoms with Crippen molar-refractivity contribution in [1.82, 2.24) is 19.7 Å². The molecule has 0 atom stereocenters. The fourth-order valence-electron chi connectivity index (χ4n) is 2.93. The Hall–Kier alpha value is -2.89. The van der Waals surface area contributed by atoms with Gasteiger partial charge in [0, 0.05) is 36.1 Å². The fourth-order valence-corrected chi connectivity index (χ4v) is 2.93. The number of anilines is 1. The summed E-state index contributed by atoms with van der Waals surface area (Å²) in [4.78, 5) is 21.1. The van der Waals surface area contributed by atoms with Crippen molar-refractivity contribution in [2.75, 3.05) is 11.9 Å². The molecule has 6 nitrogen and oxygen atoms in total. The average Bonchev–Trinajstić information content (AvgIpc) is 3.37. The van der Waals surface area contributed by atoms with Gasteiger partial charge in [-0.05, 0) is 31.4 Å². The van der Waals surface area contributed by atoms with Gasteiger partial charge in [0.05, 0.1) is 11.9 Å². The van der Waals surface area contributed by atoms with Crippen LogP contribution >= 0.6 is 0 Å². The van der Waals surface area contributed by atoms with Crippen LogP contribution < -0.4 is 10.6 Å². The standard InChI is InChI=1S/C20H23N5O/c1-2-3-10-21-18-19-23-13-17(25(19)12-11-22-18)14-4-6-15(7-5-14)20(26)24-16-8-9-16/h4-7,11-13,16H,2-3,8-10H2,1H3,(H,21,22)(H,24,26). The van der Waals surface area contributed by atoms with Crippen molar-refractivity contribution in [1.29, 1.82) is 0 Å². The third-order valence-corrected chi connectivity index (χ3v) is 4.61. The second-order valence-corrected chi connectivity index (χ2v) is 6.72. The molecule has 3 aromatic rings. The highest BCUT2D eigenvalue weighted by molar-refractivity contribution is 5.95. The summed E-state index contributed by atoms with van der Waals surface area (Å²) in [6.07, 6.45) is 9.96. The molecule has 1 aliphatic carbocycles. The molecule has 0 saturated heterocycles. The third kappa shape index (κ3) is 3.40. The Kier molecular flexibility index (Phi) is 4.56. The summed E-state index contributed by atoms with van der Waals surface area (Å²) in [5.74, 6) is 0.802. The number of hydrogen-bond donors (Lipinski definition) is 2. The minimum Gasteiger partial charge on any atom is -0.367 e. The smallest absolute Gasteiger partial charge is 0.251 e. The van der Waals surface area contributed by atoms with E-state index in [1.165, 1.54) is 0 Å². The van der Waals surface area contributed by atoms with Gasteiger partial charge >= 0.3 is 0 Å². The molecule has 0 aliphatic heterocycles. The van der Waals surface area contributed by atoms with Crippen LogP contribution in [0.15, 0.2) is 42.9 Å². The van der Waals surface area contributed by atoms with E-state index in [1.807, 2.05) is 41.1 Å². The van der Waals surface area contributed by atoms with Gasteiger partial charge < -0.3 is 10.6 Å². The Labute approximate surface area is 152 Å². The highest BCUT2D eigenvalue weighted by atomic mass is 16.1. The molecule has 134 valence electrons. The van der Waals surface area contributed by atoms with E-state index in [2.05, 4.69) is 27.5 Å². The lowest BCUT2D eigenvalue weighted by Gasteiger charge is -2.08. The van der Waals surface area contributed by atoms with E-state index in [1.54, 1.807) is 6.20 Å². The molecule has 4 rings (SSSR count). The Morgan fingerprint density at radius 1 is 1.23 bits per heavy atom. The van der Waals surface area contributed by atoms with Gasteiger partial charge in [-0.3, -0.25) is 9.20 Å². The van der Waals surface area contributed by atoms with Crippen molar-refractivity contribution in [2.24, 2.45) is 0 Å². The Bertz CT molecular complexity index is 912. The van der Waals surface area contributed by atoms with Crippen molar-refractivity contribution in [3.63, 3.8) is 0 Å². The molecule has 2 heterocycles. The lowest BCUT2D eigenvalue weighted by molar-refractivity contribution is 0.0951. The third-order valence-electron chi connectivity index (χ3n) is 4.61. The summed E-state index contributed by atoms with van der Waals surface area (Å²) >= 11 is 0. The number of carbonyl (C=O) groups excluding carboxylic acids is 1. The molecule has 1 saturated carbocycles.